The first kappa shape index (κ1) is 16.5. The van der Waals surface area contributed by atoms with Crippen molar-refractivity contribution in [2.45, 2.75) is 32.2 Å². The summed E-state index contributed by atoms with van der Waals surface area (Å²) in [6.07, 6.45) is 2.12. The molecule has 7 heteroatoms. The molecule has 1 amide bonds. The van der Waals surface area contributed by atoms with Gasteiger partial charge in [0, 0.05) is 44.7 Å². The number of aliphatic carboxylic acids is 1. The molecule has 0 spiro atoms. The van der Waals surface area contributed by atoms with Gasteiger partial charge in [0.1, 0.15) is 0 Å². The second-order valence-electron chi connectivity index (χ2n) is 6.83. The highest BCUT2D eigenvalue weighted by Gasteiger charge is 2.54. The monoisotopic (exact) mass is 326 g/mol. The maximum atomic E-state index is 11.8. The summed E-state index contributed by atoms with van der Waals surface area (Å²) in [4.78, 5) is 27.7. The fourth-order valence-corrected chi connectivity index (χ4v) is 4.24. The molecule has 0 aromatic carbocycles. The van der Waals surface area contributed by atoms with Gasteiger partial charge in [-0.1, -0.05) is 0 Å². The Hall–Kier alpha value is -1.34. The average Bonchev–Trinajstić information content (AvgIpc) is 2.96. The van der Waals surface area contributed by atoms with E-state index in [1.165, 1.54) is 0 Å². The molecule has 3 fully saturated rings. The molecule has 0 aromatic rings. The van der Waals surface area contributed by atoms with E-state index >= 15 is 0 Å². The van der Waals surface area contributed by atoms with E-state index in [1.807, 2.05) is 6.92 Å². The number of hydrogen-bond donors (Lipinski definition) is 1. The lowest BCUT2D eigenvalue weighted by atomic mass is 9.74. The summed E-state index contributed by atoms with van der Waals surface area (Å²) >= 11 is 0. The van der Waals surface area contributed by atoms with E-state index in [0.29, 0.717) is 51.9 Å². The molecule has 3 aliphatic heterocycles. The first-order valence-corrected chi connectivity index (χ1v) is 8.53. The summed E-state index contributed by atoms with van der Waals surface area (Å²) in [5.41, 5.74) is -0.642. The van der Waals surface area contributed by atoms with Gasteiger partial charge in [-0.15, -0.1) is 0 Å². The summed E-state index contributed by atoms with van der Waals surface area (Å²) in [5.74, 6) is -0.603. The molecule has 23 heavy (non-hydrogen) atoms. The standard InChI is InChI=1S/C16H26N2O5/c1-2-23-15(21)17-6-3-13(4-7-17)18-9-12-10-22-8-5-16(12,11-18)14(19)20/h12-13H,2-11H2,1H3,(H,19,20)/t12-,16+/m1/s1. The van der Waals surface area contributed by atoms with Crippen molar-refractivity contribution in [1.29, 1.82) is 0 Å². The van der Waals surface area contributed by atoms with E-state index in [4.69, 9.17) is 9.47 Å². The number of piperidine rings is 1. The zero-order chi connectivity index (χ0) is 16.4. The molecule has 0 aromatic heterocycles. The number of likely N-dealkylation sites (tertiary alicyclic amines) is 2. The molecular weight excluding hydrogens is 300 g/mol. The van der Waals surface area contributed by atoms with Crippen LogP contribution in [-0.2, 0) is 14.3 Å². The molecule has 3 heterocycles. The summed E-state index contributed by atoms with van der Waals surface area (Å²) in [5, 5.41) is 9.74. The second kappa shape index (κ2) is 6.65. The van der Waals surface area contributed by atoms with Gasteiger partial charge in [0.25, 0.3) is 0 Å². The van der Waals surface area contributed by atoms with Gasteiger partial charge in [-0.25, -0.2) is 4.79 Å². The molecule has 1 N–H and O–H groups in total. The highest BCUT2D eigenvalue weighted by atomic mass is 16.6. The van der Waals surface area contributed by atoms with E-state index in [0.717, 1.165) is 19.4 Å². The molecule has 2 atom stereocenters. The zero-order valence-corrected chi connectivity index (χ0v) is 13.7. The van der Waals surface area contributed by atoms with Gasteiger partial charge in [-0.05, 0) is 26.2 Å². The molecule has 0 unspecified atom stereocenters. The Morgan fingerprint density at radius 1 is 1.35 bits per heavy atom. The Bertz CT molecular complexity index is 463. The largest absolute Gasteiger partial charge is 0.481 e. The quantitative estimate of drug-likeness (QED) is 0.834. The summed E-state index contributed by atoms with van der Waals surface area (Å²) in [6, 6.07) is 0.350. The number of rotatable bonds is 3. The number of nitrogens with zero attached hydrogens (tertiary/aromatic N) is 2. The van der Waals surface area contributed by atoms with Crippen molar-refractivity contribution >= 4 is 12.1 Å². The van der Waals surface area contributed by atoms with Crippen molar-refractivity contribution in [2.24, 2.45) is 11.3 Å². The second-order valence-corrected chi connectivity index (χ2v) is 6.83. The molecule has 0 bridgehead atoms. The number of carbonyl (C=O) groups excluding carboxylic acids is 1. The minimum atomic E-state index is -0.683. The summed E-state index contributed by atoms with van der Waals surface area (Å²) < 4.78 is 10.6. The van der Waals surface area contributed by atoms with E-state index in [-0.39, 0.29) is 12.0 Å². The fourth-order valence-electron chi connectivity index (χ4n) is 4.24. The van der Waals surface area contributed by atoms with E-state index in [2.05, 4.69) is 4.90 Å². The molecular formula is C16H26N2O5. The van der Waals surface area contributed by atoms with Gasteiger partial charge >= 0.3 is 12.1 Å². The van der Waals surface area contributed by atoms with Crippen LogP contribution in [0.1, 0.15) is 26.2 Å². The van der Waals surface area contributed by atoms with Crippen LogP contribution in [0.25, 0.3) is 0 Å². The predicted octanol–water partition coefficient (Wildman–Crippen LogP) is 1.03. The minimum Gasteiger partial charge on any atom is -0.481 e. The van der Waals surface area contributed by atoms with E-state index in [1.54, 1.807) is 4.90 Å². The third-order valence-electron chi connectivity index (χ3n) is 5.67. The molecule has 0 saturated carbocycles. The van der Waals surface area contributed by atoms with Crippen LogP contribution in [0, 0.1) is 11.3 Å². The molecule has 3 rings (SSSR count). The van der Waals surface area contributed by atoms with Gasteiger partial charge in [0.2, 0.25) is 0 Å². The number of fused-ring (bicyclic) bond motifs is 1. The molecule has 0 radical (unpaired) electrons. The van der Waals surface area contributed by atoms with Crippen LogP contribution < -0.4 is 0 Å². The van der Waals surface area contributed by atoms with Crippen molar-refractivity contribution in [1.82, 2.24) is 9.80 Å². The lowest BCUT2D eigenvalue weighted by molar-refractivity contribution is -0.157. The van der Waals surface area contributed by atoms with Crippen molar-refractivity contribution < 1.29 is 24.2 Å². The zero-order valence-electron chi connectivity index (χ0n) is 13.7. The van der Waals surface area contributed by atoms with Gasteiger partial charge in [-0.2, -0.15) is 0 Å². The minimum absolute atomic E-state index is 0.0804. The highest BCUT2D eigenvalue weighted by molar-refractivity contribution is 5.76. The summed E-state index contributed by atoms with van der Waals surface area (Å²) in [7, 11) is 0. The Morgan fingerprint density at radius 2 is 2.09 bits per heavy atom. The lowest BCUT2D eigenvalue weighted by Crippen LogP contribution is -2.47. The first-order chi connectivity index (χ1) is 11.1. The number of amides is 1. The highest BCUT2D eigenvalue weighted by Crippen LogP contribution is 2.43. The lowest BCUT2D eigenvalue weighted by Gasteiger charge is -2.37. The van der Waals surface area contributed by atoms with Crippen LogP contribution in [-0.4, -0.2) is 79.0 Å². The van der Waals surface area contributed by atoms with Gasteiger partial charge in [-0.3, -0.25) is 9.69 Å². The van der Waals surface area contributed by atoms with Crippen LogP contribution in [0.2, 0.25) is 0 Å². The van der Waals surface area contributed by atoms with Crippen LogP contribution in [0.15, 0.2) is 0 Å². The Balaban J connectivity index is 1.59. The smallest absolute Gasteiger partial charge is 0.409 e. The maximum absolute atomic E-state index is 11.8. The van der Waals surface area contributed by atoms with Crippen molar-refractivity contribution in [3.63, 3.8) is 0 Å². The van der Waals surface area contributed by atoms with Crippen LogP contribution >= 0.6 is 0 Å². The number of ether oxygens (including phenoxy) is 2. The van der Waals surface area contributed by atoms with Crippen molar-refractivity contribution in [2.75, 3.05) is 46.0 Å². The molecule has 7 nitrogen and oxygen atoms in total. The topological polar surface area (TPSA) is 79.3 Å². The number of carbonyl (C=O) groups is 2. The third kappa shape index (κ3) is 3.04. The van der Waals surface area contributed by atoms with Crippen molar-refractivity contribution in [3.05, 3.63) is 0 Å². The van der Waals surface area contributed by atoms with Gasteiger partial charge < -0.3 is 19.5 Å². The summed E-state index contributed by atoms with van der Waals surface area (Å²) in [6.45, 7) is 6.05. The fraction of sp³-hybridized carbons (Fsp3) is 0.875. The van der Waals surface area contributed by atoms with Gasteiger partial charge in [0.05, 0.1) is 18.6 Å². The Labute approximate surface area is 136 Å². The average molecular weight is 326 g/mol. The van der Waals surface area contributed by atoms with Crippen LogP contribution in [0.5, 0.6) is 0 Å². The van der Waals surface area contributed by atoms with Crippen LogP contribution in [0.4, 0.5) is 4.79 Å². The van der Waals surface area contributed by atoms with Gasteiger partial charge in [0.15, 0.2) is 0 Å². The van der Waals surface area contributed by atoms with E-state index in [9.17, 15) is 14.7 Å². The third-order valence-corrected chi connectivity index (χ3v) is 5.67. The van der Waals surface area contributed by atoms with Crippen molar-refractivity contribution in [3.8, 4) is 0 Å². The molecule has 130 valence electrons. The molecule has 3 aliphatic rings. The Morgan fingerprint density at radius 3 is 2.70 bits per heavy atom. The normalized spacial score (nSPS) is 32.6. The predicted molar refractivity (Wildman–Crippen MR) is 82.2 cm³/mol. The van der Waals surface area contributed by atoms with Crippen LogP contribution in [0.3, 0.4) is 0 Å². The molecule has 3 saturated heterocycles. The van der Waals surface area contributed by atoms with E-state index < -0.39 is 11.4 Å². The molecule has 0 aliphatic carbocycles. The maximum Gasteiger partial charge on any atom is 0.409 e. The first-order valence-electron chi connectivity index (χ1n) is 8.53. The number of carboxylic acids is 1. The SMILES string of the molecule is CCOC(=O)N1CCC(N2C[C@@H]3COCC[C@]3(C(=O)O)C2)CC1. The number of hydrogen-bond acceptors (Lipinski definition) is 5. The Kier molecular flexibility index (Phi) is 4.77. The number of carboxylic acid groups (broad SMARTS) is 1.